The van der Waals surface area contributed by atoms with Crippen molar-refractivity contribution in [1.82, 2.24) is 20.1 Å². The number of halogens is 2. The number of nitrogens with zero attached hydrogens (tertiary/aromatic N) is 3. The molecular formula is C18H14ClFN4O. The molecule has 0 saturated carbocycles. The van der Waals surface area contributed by atoms with E-state index in [9.17, 15) is 9.18 Å². The predicted molar refractivity (Wildman–Crippen MR) is 91.6 cm³/mol. The fourth-order valence-electron chi connectivity index (χ4n) is 3.03. The third-order valence-electron chi connectivity index (χ3n) is 4.11. The minimum Gasteiger partial charge on any atom is -0.352 e. The zero-order valence-electron chi connectivity index (χ0n) is 13.2. The van der Waals surface area contributed by atoms with E-state index in [1.165, 1.54) is 12.1 Å². The van der Waals surface area contributed by atoms with Gasteiger partial charge in [-0.3, -0.25) is 9.78 Å². The smallest absolute Gasteiger partial charge is 0.254 e. The van der Waals surface area contributed by atoms with Crippen LogP contribution in [0.1, 0.15) is 27.3 Å². The Hall–Kier alpha value is -2.73. The minimum atomic E-state index is -0.370. The number of aromatic nitrogens is 3. The topological polar surface area (TPSA) is 59.8 Å². The Kier molecular flexibility index (Phi) is 3.97. The summed E-state index contributed by atoms with van der Waals surface area (Å²) in [7, 11) is 0. The van der Waals surface area contributed by atoms with E-state index in [-0.39, 0.29) is 11.7 Å². The second-order valence-electron chi connectivity index (χ2n) is 5.88. The van der Waals surface area contributed by atoms with Crippen LogP contribution in [0.2, 0.25) is 5.02 Å². The Balaban J connectivity index is 1.67. The average molecular weight is 357 g/mol. The van der Waals surface area contributed by atoms with Crippen molar-refractivity contribution in [2.75, 3.05) is 6.54 Å². The first-order valence-corrected chi connectivity index (χ1v) is 8.23. The number of hydrogen-bond donors (Lipinski definition) is 1. The maximum Gasteiger partial charge on any atom is 0.254 e. The summed E-state index contributed by atoms with van der Waals surface area (Å²) >= 11 is 5.91. The number of benzene rings is 1. The highest BCUT2D eigenvalue weighted by molar-refractivity contribution is 6.30. The SMILES string of the molecule is O=C1NCCc2c1cnn2-c1ccnc(Cc2cc(F)cc(Cl)c2)c1. The van der Waals surface area contributed by atoms with Crippen LogP contribution in [0.4, 0.5) is 4.39 Å². The van der Waals surface area contributed by atoms with E-state index >= 15 is 0 Å². The lowest BCUT2D eigenvalue weighted by Crippen LogP contribution is -2.32. The number of nitrogens with one attached hydrogen (secondary N) is 1. The van der Waals surface area contributed by atoms with Gasteiger partial charge in [-0.2, -0.15) is 5.10 Å². The Morgan fingerprint density at radius 1 is 1.28 bits per heavy atom. The molecule has 3 aromatic rings. The molecule has 7 heteroatoms. The van der Waals surface area contributed by atoms with Crippen molar-refractivity contribution >= 4 is 17.5 Å². The molecule has 25 heavy (non-hydrogen) atoms. The second kappa shape index (κ2) is 6.29. The first-order chi connectivity index (χ1) is 12.1. The van der Waals surface area contributed by atoms with Gasteiger partial charge in [-0.25, -0.2) is 9.07 Å². The molecule has 0 spiro atoms. The summed E-state index contributed by atoms with van der Waals surface area (Å²) in [5, 5.41) is 7.51. The average Bonchev–Trinajstić information content (AvgIpc) is 2.99. The van der Waals surface area contributed by atoms with Crippen molar-refractivity contribution in [3.05, 3.63) is 76.1 Å². The van der Waals surface area contributed by atoms with E-state index in [1.807, 2.05) is 12.1 Å². The van der Waals surface area contributed by atoms with Crippen LogP contribution in [0.25, 0.3) is 5.69 Å². The van der Waals surface area contributed by atoms with E-state index in [0.29, 0.717) is 23.6 Å². The van der Waals surface area contributed by atoms with Crippen molar-refractivity contribution in [2.45, 2.75) is 12.8 Å². The molecule has 1 aromatic carbocycles. The molecule has 126 valence electrons. The molecule has 1 N–H and O–H groups in total. The van der Waals surface area contributed by atoms with Crippen molar-refractivity contribution < 1.29 is 9.18 Å². The van der Waals surface area contributed by atoms with Crippen LogP contribution in [0.15, 0.2) is 42.7 Å². The molecular weight excluding hydrogens is 343 g/mol. The first-order valence-electron chi connectivity index (χ1n) is 7.85. The van der Waals surface area contributed by atoms with Crippen molar-refractivity contribution in [1.29, 1.82) is 0 Å². The van der Waals surface area contributed by atoms with E-state index in [4.69, 9.17) is 11.6 Å². The number of pyridine rings is 1. The number of carbonyl (C=O) groups excluding carboxylic acids is 1. The van der Waals surface area contributed by atoms with Gasteiger partial charge in [-0.05, 0) is 35.9 Å². The summed E-state index contributed by atoms with van der Waals surface area (Å²) in [6.07, 6.45) is 4.44. The molecule has 3 heterocycles. The van der Waals surface area contributed by atoms with Crippen molar-refractivity contribution in [3.8, 4) is 5.69 Å². The van der Waals surface area contributed by atoms with Gasteiger partial charge in [-0.1, -0.05) is 11.6 Å². The van der Waals surface area contributed by atoms with Gasteiger partial charge >= 0.3 is 0 Å². The molecule has 0 unspecified atom stereocenters. The number of fused-ring (bicyclic) bond motifs is 1. The fourth-order valence-corrected chi connectivity index (χ4v) is 3.28. The highest BCUT2D eigenvalue weighted by Gasteiger charge is 2.22. The molecule has 0 bridgehead atoms. The molecule has 0 fully saturated rings. The van der Waals surface area contributed by atoms with Gasteiger partial charge < -0.3 is 5.32 Å². The normalized spacial score (nSPS) is 13.4. The number of hydrogen-bond acceptors (Lipinski definition) is 3. The number of amides is 1. The van der Waals surface area contributed by atoms with E-state index < -0.39 is 0 Å². The minimum absolute atomic E-state index is 0.101. The highest BCUT2D eigenvalue weighted by Crippen LogP contribution is 2.20. The van der Waals surface area contributed by atoms with Crippen LogP contribution in [0.5, 0.6) is 0 Å². The molecule has 1 aliphatic rings. The fraction of sp³-hybridized carbons (Fsp3) is 0.167. The molecule has 0 radical (unpaired) electrons. The van der Waals surface area contributed by atoms with Crippen molar-refractivity contribution in [3.63, 3.8) is 0 Å². The third kappa shape index (κ3) is 3.13. The molecule has 0 aliphatic carbocycles. The maximum atomic E-state index is 13.5. The van der Waals surface area contributed by atoms with Gasteiger partial charge in [0.2, 0.25) is 0 Å². The quantitative estimate of drug-likeness (QED) is 0.785. The molecule has 5 nitrogen and oxygen atoms in total. The van der Waals surface area contributed by atoms with Crippen LogP contribution >= 0.6 is 11.6 Å². The maximum absolute atomic E-state index is 13.5. The summed E-state index contributed by atoms with van der Waals surface area (Å²) < 4.78 is 15.3. The lowest BCUT2D eigenvalue weighted by atomic mass is 10.1. The van der Waals surface area contributed by atoms with Crippen LogP contribution in [-0.2, 0) is 12.8 Å². The van der Waals surface area contributed by atoms with Crippen LogP contribution in [0, 0.1) is 5.82 Å². The molecule has 2 aromatic heterocycles. The molecule has 1 amide bonds. The van der Waals surface area contributed by atoms with Gasteiger partial charge in [0.25, 0.3) is 5.91 Å². The first kappa shape index (κ1) is 15.8. The monoisotopic (exact) mass is 356 g/mol. The predicted octanol–water partition coefficient (Wildman–Crippen LogP) is 2.94. The molecule has 0 saturated heterocycles. The van der Waals surface area contributed by atoms with Gasteiger partial charge in [0, 0.05) is 36.3 Å². The molecule has 1 aliphatic heterocycles. The van der Waals surface area contributed by atoms with E-state index in [0.717, 1.165) is 29.1 Å². The Morgan fingerprint density at radius 3 is 3.00 bits per heavy atom. The van der Waals surface area contributed by atoms with Gasteiger partial charge in [0.1, 0.15) is 5.82 Å². The zero-order chi connectivity index (χ0) is 17.4. The summed E-state index contributed by atoms with van der Waals surface area (Å²) in [6.45, 7) is 0.595. The summed E-state index contributed by atoms with van der Waals surface area (Å²) in [6, 6.07) is 8.16. The number of carbonyl (C=O) groups is 1. The van der Waals surface area contributed by atoms with Gasteiger partial charge in [0.15, 0.2) is 0 Å². The highest BCUT2D eigenvalue weighted by atomic mass is 35.5. The number of rotatable bonds is 3. The van der Waals surface area contributed by atoms with Crippen molar-refractivity contribution in [2.24, 2.45) is 0 Å². The Labute approximate surface area is 148 Å². The standard InChI is InChI=1S/C18H14ClFN4O/c19-12-5-11(6-13(20)8-12)7-14-9-15(1-3-21-14)24-17-2-4-22-18(25)16(17)10-23-24/h1,3,5-6,8-10H,2,4,7H2,(H,22,25). The van der Waals surface area contributed by atoms with Crippen LogP contribution < -0.4 is 5.32 Å². The lowest BCUT2D eigenvalue weighted by Gasteiger charge is -2.15. The summed E-state index contributed by atoms with van der Waals surface area (Å²) in [5.74, 6) is -0.470. The largest absolute Gasteiger partial charge is 0.352 e. The Morgan fingerprint density at radius 2 is 2.16 bits per heavy atom. The van der Waals surface area contributed by atoms with Gasteiger partial charge in [0.05, 0.1) is 23.1 Å². The zero-order valence-corrected chi connectivity index (χ0v) is 13.9. The third-order valence-corrected chi connectivity index (χ3v) is 4.33. The summed E-state index contributed by atoms with van der Waals surface area (Å²) in [5.41, 5.74) is 3.82. The second-order valence-corrected chi connectivity index (χ2v) is 6.32. The Bertz CT molecular complexity index is 949. The van der Waals surface area contributed by atoms with Gasteiger partial charge in [-0.15, -0.1) is 0 Å². The van der Waals surface area contributed by atoms with E-state index in [1.54, 1.807) is 23.1 Å². The van der Waals surface area contributed by atoms with Crippen LogP contribution in [-0.4, -0.2) is 27.2 Å². The molecule has 0 atom stereocenters. The van der Waals surface area contributed by atoms with Crippen LogP contribution in [0.3, 0.4) is 0 Å². The lowest BCUT2D eigenvalue weighted by molar-refractivity contribution is 0.0945. The van der Waals surface area contributed by atoms with E-state index in [2.05, 4.69) is 15.4 Å². The molecule has 4 rings (SSSR count). The summed E-state index contributed by atoms with van der Waals surface area (Å²) in [4.78, 5) is 16.2.